The van der Waals surface area contributed by atoms with E-state index in [2.05, 4.69) is 37.9 Å². The number of nitrogen functional groups attached to an aromatic ring is 1. The number of nitrogens with one attached hydrogen (secondary N) is 1. The van der Waals surface area contributed by atoms with Gasteiger partial charge in [0, 0.05) is 54.0 Å². The lowest BCUT2D eigenvalue weighted by Gasteiger charge is -2.25. The third-order valence-electron chi connectivity index (χ3n) is 5.03. The van der Waals surface area contributed by atoms with Crippen LogP contribution in [-0.2, 0) is 6.54 Å². The number of nitrogens with two attached hydrogens (primary N) is 1. The third-order valence-corrected chi connectivity index (χ3v) is 5.27. The van der Waals surface area contributed by atoms with Gasteiger partial charge in [0.25, 0.3) is 5.56 Å². The topological polar surface area (TPSA) is 91.1 Å². The zero-order chi connectivity index (χ0) is 19.0. The second kappa shape index (κ2) is 7.17. The number of fused-ring (bicyclic) bond motifs is 1. The molecule has 3 heterocycles. The highest BCUT2D eigenvalue weighted by Gasteiger charge is 2.27. The average Bonchev–Trinajstić information content (AvgIpc) is 3.10. The fraction of sp³-hybridized carbons (Fsp3) is 0.316. The Morgan fingerprint density at radius 3 is 3.04 bits per heavy atom. The largest absolute Gasteiger partial charge is 0.369 e. The van der Waals surface area contributed by atoms with E-state index in [1.54, 1.807) is 0 Å². The fourth-order valence-electron chi connectivity index (χ4n) is 3.70. The van der Waals surface area contributed by atoms with E-state index < -0.39 is 0 Å². The van der Waals surface area contributed by atoms with Crippen molar-refractivity contribution in [3.63, 3.8) is 0 Å². The molecule has 27 heavy (non-hydrogen) atoms. The normalized spacial score (nSPS) is 17.1. The number of anilines is 2. The van der Waals surface area contributed by atoms with E-state index in [0.717, 1.165) is 30.4 Å². The second-order valence-electron chi connectivity index (χ2n) is 6.92. The minimum atomic E-state index is -0.221. The van der Waals surface area contributed by atoms with Gasteiger partial charge in [0.15, 0.2) is 0 Å². The van der Waals surface area contributed by atoms with Gasteiger partial charge in [-0.2, -0.15) is 0 Å². The Hall–Kier alpha value is -2.64. The predicted molar refractivity (Wildman–Crippen MR) is 108 cm³/mol. The minimum Gasteiger partial charge on any atom is -0.369 e. The molecule has 1 aliphatic rings. The van der Waals surface area contributed by atoms with Crippen LogP contribution in [0, 0.1) is 0 Å². The summed E-state index contributed by atoms with van der Waals surface area (Å²) in [5.41, 5.74) is 8.18. The van der Waals surface area contributed by atoms with Crippen molar-refractivity contribution < 1.29 is 0 Å². The zero-order valence-electron chi connectivity index (χ0n) is 15.0. The third kappa shape index (κ3) is 3.74. The molecule has 0 bridgehead atoms. The van der Waals surface area contributed by atoms with Crippen LogP contribution in [0.3, 0.4) is 0 Å². The summed E-state index contributed by atoms with van der Waals surface area (Å²) in [6.07, 6.45) is 2.86. The van der Waals surface area contributed by atoms with Gasteiger partial charge in [0.1, 0.15) is 0 Å². The number of pyridine rings is 1. The molecule has 0 saturated carbocycles. The van der Waals surface area contributed by atoms with Crippen molar-refractivity contribution in [2.24, 2.45) is 0 Å². The van der Waals surface area contributed by atoms with Crippen molar-refractivity contribution in [2.45, 2.75) is 19.0 Å². The van der Waals surface area contributed by atoms with Crippen LogP contribution >= 0.6 is 11.6 Å². The van der Waals surface area contributed by atoms with Gasteiger partial charge >= 0.3 is 0 Å². The van der Waals surface area contributed by atoms with Gasteiger partial charge in [-0.25, -0.2) is 4.98 Å². The molecular weight excluding hydrogens is 364 g/mol. The van der Waals surface area contributed by atoms with E-state index in [4.69, 9.17) is 17.3 Å². The van der Waals surface area contributed by atoms with Crippen molar-refractivity contribution >= 4 is 34.1 Å². The standard InChI is InChI=1S/C19H21ClN6O/c1-25(10-13-9-18(27)24-19(21)23-13)14-5-7-26(11-14)17-4-6-22-16-8-12(20)2-3-15(16)17/h2-4,6,8-9,14H,5,7,10-11H2,1H3,(H3,21,23,24,27). The lowest BCUT2D eigenvalue weighted by Crippen LogP contribution is -2.34. The number of likely N-dealkylation sites (N-methyl/N-ethyl adjacent to an activating group) is 1. The monoisotopic (exact) mass is 384 g/mol. The molecule has 0 aliphatic carbocycles. The van der Waals surface area contributed by atoms with Gasteiger partial charge in [0.05, 0.1) is 11.2 Å². The van der Waals surface area contributed by atoms with Gasteiger partial charge in [-0.05, 0) is 37.7 Å². The lowest BCUT2D eigenvalue weighted by atomic mass is 10.1. The molecule has 8 heteroatoms. The summed E-state index contributed by atoms with van der Waals surface area (Å²) in [4.78, 5) is 27.3. The number of rotatable bonds is 4. The van der Waals surface area contributed by atoms with Crippen LogP contribution in [0.2, 0.25) is 5.02 Å². The van der Waals surface area contributed by atoms with Crippen molar-refractivity contribution in [1.82, 2.24) is 19.9 Å². The molecule has 2 aromatic heterocycles. The first-order chi connectivity index (χ1) is 13.0. The Bertz CT molecular complexity index is 1040. The van der Waals surface area contributed by atoms with Crippen molar-refractivity contribution in [1.29, 1.82) is 0 Å². The summed E-state index contributed by atoms with van der Waals surface area (Å²) >= 11 is 6.10. The quantitative estimate of drug-likeness (QED) is 0.717. The highest BCUT2D eigenvalue weighted by molar-refractivity contribution is 6.31. The smallest absolute Gasteiger partial charge is 0.252 e. The van der Waals surface area contributed by atoms with Crippen molar-refractivity contribution in [2.75, 3.05) is 30.8 Å². The Morgan fingerprint density at radius 2 is 2.22 bits per heavy atom. The van der Waals surface area contributed by atoms with Crippen LogP contribution in [0.25, 0.3) is 10.9 Å². The number of hydrogen-bond donors (Lipinski definition) is 2. The number of nitrogens with zero attached hydrogens (tertiary/aromatic N) is 4. The maximum atomic E-state index is 11.6. The number of aromatic nitrogens is 3. The van der Waals surface area contributed by atoms with Crippen LogP contribution in [-0.4, -0.2) is 46.0 Å². The number of halogens is 1. The van der Waals surface area contributed by atoms with Gasteiger partial charge in [0.2, 0.25) is 5.95 Å². The van der Waals surface area contributed by atoms with Gasteiger partial charge in [-0.15, -0.1) is 0 Å². The highest BCUT2D eigenvalue weighted by atomic mass is 35.5. The Labute approximate surface area is 161 Å². The molecule has 0 radical (unpaired) electrons. The molecular formula is C19H21ClN6O. The van der Waals surface area contributed by atoms with E-state index in [-0.39, 0.29) is 11.5 Å². The van der Waals surface area contributed by atoms with Crippen LogP contribution < -0.4 is 16.2 Å². The predicted octanol–water partition coefficient (Wildman–Crippen LogP) is 2.26. The molecule has 4 rings (SSSR count). The van der Waals surface area contributed by atoms with Gasteiger partial charge in [-0.1, -0.05) is 11.6 Å². The zero-order valence-corrected chi connectivity index (χ0v) is 15.8. The lowest BCUT2D eigenvalue weighted by molar-refractivity contribution is 0.247. The first-order valence-corrected chi connectivity index (χ1v) is 9.22. The minimum absolute atomic E-state index is 0.154. The fourth-order valence-corrected chi connectivity index (χ4v) is 3.86. The first kappa shape index (κ1) is 17.8. The molecule has 1 atom stereocenters. The first-order valence-electron chi connectivity index (χ1n) is 8.85. The number of H-pyrrole nitrogens is 1. The molecule has 1 aromatic carbocycles. The molecule has 1 saturated heterocycles. The number of benzene rings is 1. The summed E-state index contributed by atoms with van der Waals surface area (Å²) in [5.74, 6) is 0.154. The summed E-state index contributed by atoms with van der Waals surface area (Å²) in [5, 5.41) is 1.80. The molecule has 3 aromatic rings. The Kier molecular flexibility index (Phi) is 4.72. The SMILES string of the molecule is CN(Cc1cc(=O)[nH]c(N)n1)C1CCN(c2ccnc3cc(Cl)ccc23)C1. The number of aromatic amines is 1. The van der Waals surface area contributed by atoms with Crippen molar-refractivity contribution in [3.8, 4) is 0 Å². The summed E-state index contributed by atoms with van der Waals surface area (Å²) in [6.45, 7) is 2.44. The van der Waals surface area contributed by atoms with Crippen LogP contribution in [0.15, 0.2) is 41.3 Å². The molecule has 0 spiro atoms. The summed E-state index contributed by atoms with van der Waals surface area (Å²) in [7, 11) is 2.05. The summed E-state index contributed by atoms with van der Waals surface area (Å²) in [6, 6.07) is 9.74. The Balaban J connectivity index is 1.51. The molecule has 140 valence electrons. The van der Waals surface area contributed by atoms with Gasteiger partial charge < -0.3 is 10.6 Å². The van der Waals surface area contributed by atoms with Crippen LogP contribution in [0.1, 0.15) is 12.1 Å². The van der Waals surface area contributed by atoms with E-state index in [1.807, 2.05) is 24.4 Å². The molecule has 0 amide bonds. The van der Waals surface area contributed by atoms with Crippen LogP contribution in [0.5, 0.6) is 0 Å². The molecule has 1 unspecified atom stereocenters. The maximum Gasteiger partial charge on any atom is 0.252 e. The molecule has 3 N–H and O–H groups in total. The maximum absolute atomic E-state index is 11.6. The molecule has 1 aliphatic heterocycles. The summed E-state index contributed by atoms with van der Waals surface area (Å²) < 4.78 is 0. The van der Waals surface area contributed by atoms with E-state index in [0.29, 0.717) is 23.3 Å². The molecule has 7 nitrogen and oxygen atoms in total. The second-order valence-corrected chi connectivity index (χ2v) is 7.35. The van der Waals surface area contributed by atoms with Gasteiger partial charge in [-0.3, -0.25) is 19.7 Å². The van der Waals surface area contributed by atoms with E-state index in [1.165, 1.54) is 11.8 Å². The average molecular weight is 385 g/mol. The Morgan fingerprint density at radius 1 is 1.37 bits per heavy atom. The number of hydrogen-bond acceptors (Lipinski definition) is 6. The molecule has 1 fully saturated rings. The van der Waals surface area contributed by atoms with Crippen molar-refractivity contribution in [3.05, 3.63) is 57.6 Å². The van der Waals surface area contributed by atoms with E-state index >= 15 is 0 Å². The van der Waals surface area contributed by atoms with E-state index in [9.17, 15) is 4.79 Å². The van der Waals surface area contributed by atoms with Crippen LogP contribution in [0.4, 0.5) is 11.6 Å². The highest BCUT2D eigenvalue weighted by Crippen LogP contribution is 2.30.